The fourth-order valence-corrected chi connectivity index (χ4v) is 3.42. The zero-order valence-corrected chi connectivity index (χ0v) is 11.9. The van der Waals surface area contributed by atoms with Crippen molar-refractivity contribution in [3.8, 4) is 0 Å². The Balaban J connectivity index is 2.29. The molecule has 0 amide bonds. The lowest BCUT2D eigenvalue weighted by atomic mass is 10.1. The van der Waals surface area contributed by atoms with Crippen LogP contribution in [0.15, 0.2) is 17.0 Å². The molecule has 1 aliphatic rings. The number of nitrogens with two attached hydrogens (primary N) is 1. The van der Waals surface area contributed by atoms with E-state index in [-0.39, 0.29) is 5.41 Å². The lowest BCUT2D eigenvalue weighted by Gasteiger charge is -2.14. The van der Waals surface area contributed by atoms with E-state index in [1.165, 1.54) is 0 Å². The van der Waals surface area contributed by atoms with Crippen molar-refractivity contribution < 1.29 is 8.42 Å². The SMILES string of the molecule is Cc1cc(N)c(C)c(S(=O)(=O)NCC2(C)CC2)c1. The molecule has 100 valence electrons. The van der Waals surface area contributed by atoms with Crippen LogP contribution in [0.4, 0.5) is 5.69 Å². The molecule has 0 spiro atoms. The maximum Gasteiger partial charge on any atom is 0.240 e. The van der Waals surface area contributed by atoms with Crippen molar-refractivity contribution in [2.24, 2.45) is 5.41 Å². The summed E-state index contributed by atoms with van der Waals surface area (Å²) >= 11 is 0. The first-order valence-corrected chi connectivity index (χ1v) is 7.58. The third kappa shape index (κ3) is 2.67. The molecule has 0 atom stereocenters. The van der Waals surface area contributed by atoms with Crippen molar-refractivity contribution in [1.29, 1.82) is 0 Å². The molecule has 1 aromatic rings. The van der Waals surface area contributed by atoms with E-state index in [0.717, 1.165) is 18.4 Å². The fraction of sp³-hybridized carbons (Fsp3) is 0.538. The Morgan fingerprint density at radius 2 is 1.94 bits per heavy atom. The second kappa shape index (κ2) is 4.24. The molecule has 0 aliphatic heterocycles. The third-order valence-electron chi connectivity index (χ3n) is 3.63. The molecule has 1 aliphatic carbocycles. The molecular formula is C13H20N2O2S. The summed E-state index contributed by atoms with van der Waals surface area (Å²) in [6, 6.07) is 3.46. The van der Waals surface area contributed by atoms with Gasteiger partial charge in [-0.25, -0.2) is 13.1 Å². The number of hydrogen-bond donors (Lipinski definition) is 2. The van der Waals surface area contributed by atoms with Crippen molar-refractivity contribution >= 4 is 15.7 Å². The van der Waals surface area contributed by atoms with Crippen LogP contribution in [0.1, 0.15) is 30.9 Å². The van der Waals surface area contributed by atoms with Gasteiger partial charge in [0.2, 0.25) is 10.0 Å². The topological polar surface area (TPSA) is 72.2 Å². The van der Waals surface area contributed by atoms with Crippen LogP contribution in [0, 0.1) is 19.3 Å². The highest BCUT2D eigenvalue weighted by Crippen LogP contribution is 2.44. The molecule has 0 saturated heterocycles. The minimum Gasteiger partial charge on any atom is -0.398 e. The summed E-state index contributed by atoms with van der Waals surface area (Å²) < 4.78 is 27.2. The molecular weight excluding hydrogens is 248 g/mol. The van der Waals surface area contributed by atoms with Crippen LogP contribution >= 0.6 is 0 Å². The number of sulfonamides is 1. The minimum atomic E-state index is -3.46. The van der Waals surface area contributed by atoms with Crippen LogP contribution in [0.5, 0.6) is 0 Å². The van der Waals surface area contributed by atoms with E-state index in [1.54, 1.807) is 19.1 Å². The summed E-state index contributed by atoms with van der Waals surface area (Å²) in [5.41, 5.74) is 7.97. The lowest BCUT2D eigenvalue weighted by Crippen LogP contribution is -2.29. The molecule has 2 rings (SSSR count). The molecule has 0 bridgehead atoms. The molecule has 0 radical (unpaired) electrons. The molecule has 18 heavy (non-hydrogen) atoms. The Morgan fingerprint density at radius 1 is 1.33 bits per heavy atom. The van der Waals surface area contributed by atoms with Crippen molar-refractivity contribution in [3.05, 3.63) is 23.3 Å². The first kappa shape index (κ1) is 13.4. The average molecular weight is 268 g/mol. The Kier molecular flexibility index (Phi) is 3.15. The minimum absolute atomic E-state index is 0.149. The highest BCUT2D eigenvalue weighted by Gasteiger charge is 2.38. The zero-order valence-electron chi connectivity index (χ0n) is 11.1. The van der Waals surface area contributed by atoms with Crippen LogP contribution < -0.4 is 10.5 Å². The van der Waals surface area contributed by atoms with Crippen LogP contribution in [0.2, 0.25) is 0 Å². The van der Waals surface area contributed by atoms with E-state index >= 15 is 0 Å². The molecule has 4 nitrogen and oxygen atoms in total. The summed E-state index contributed by atoms with van der Waals surface area (Å²) in [4.78, 5) is 0.296. The average Bonchev–Trinajstić information content (AvgIpc) is 3.00. The first-order chi connectivity index (χ1) is 8.23. The van der Waals surface area contributed by atoms with Crippen molar-refractivity contribution in [2.45, 2.75) is 38.5 Å². The van der Waals surface area contributed by atoms with Gasteiger partial charge in [-0.3, -0.25) is 0 Å². The predicted molar refractivity (Wildman–Crippen MR) is 72.9 cm³/mol. The van der Waals surface area contributed by atoms with Gasteiger partial charge in [-0.05, 0) is 55.4 Å². The van der Waals surface area contributed by atoms with Gasteiger partial charge in [0, 0.05) is 12.2 Å². The molecule has 0 heterocycles. The number of anilines is 1. The molecule has 1 fully saturated rings. The highest BCUT2D eigenvalue weighted by atomic mass is 32.2. The maximum atomic E-state index is 12.3. The summed E-state index contributed by atoms with van der Waals surface area (Å²) in [7, 11) is -3.46. The normalized spacial score (nSPS) is 17.7. The van der Waals surface area contributed by atoms with Crippen molar-refractivity contribution in [3.63, 3.8) is 0 Å². The Labute approximate surface area is 109 Å². The fourth-order valence-electron chi connectivity index (χ4n) is 1.87. The second-order valence-corrected chi connectivity index (χ2v) is 7.35. The summed E-state index contributed by atoms with van der Waals surface area (Å²) in [5.74, 6) is 0. The standard InChI is InChI=1S/C13H20N2O2S/c1-9-6-11(14)10(2)12(7-9)18(16,17)15-8-13(3)4-5-13/h6-7,15H,4-5,8,14H2,1-3H3. The van der Waals surface area contributed by atoms with Gasteiger partial charge in [-0.2, -0.15) is 0 Å². The Morgan fingerprint density at radius 3 is 2.50 bits per heavy atom. The summed E-state index contributed by atoms with van der Waals surface area (Å²) in [6.45, 7) is 6.18. The zero-order chi connectivity index (χ0) is 13.6. The molecule has 5 heteroatoms. The Hall–Kier alpha value is -1.07. The van der Waals surface area contributed by atoms with E-state index in [2.05, 4.69) is 11.6 Å². The van der Waals surface area contributed by atoms with E-state index in [4.69, 9.17) is 5.73 Å². The van der Waals surface area contributed by atoms with Gasteiger partial charge in [0.25, 0.3) is 0 Å². The molecule has 3 N–H and O–H groups in total. The van der Waals surface area contributed by atoms with Gasteiger partial charge in [-0.15, -0.1) is 0 Å². The van der Waals surface area contributed by atoms with Crippen LogP contribution in [-0.2, 0) is 10.0 Å². The number of benzene rings is 1. The number of rotatable bonds is 4. The lowest BCUT2D eigenvalue weighted by molar-refractivity contribution is 0.530. The molecule has 0 unspecified atom stereocenters. The van der Waals surface area contributed by atoms with Gasteiger partial charge in [0.05, 0.1) is 4.90 Å². The highest BCUT2D eigenvalue weighted by molar-refractivity contribution is 7.89. The quantitative estimate of drug-likeness (QED) is 0.820. The van der Waals surface area contributed by atoms with E-state index in [1.807, 2.05) is 6.92 Å². The molecule has 0 aromatic heterocycles. The van der Waals surface area contributed by atoms with Gasteiger partial charge < -0.3 is 5.73 Å². The number of aryl methyl sites for hydroxylation is 1. The largest absolute Gasteiger partial charge is 0.398 e. The van der Waals surface area contributed by atoms with Crippen molar-refractivity contribution in [1.82, 2.24) is 4.72 Å². The number of nitrogen functional groups attached to an aromatic ring is 1. The van der Waals surface area contributed by atoms with Crippen molar-refractivity contribution in [2.75, 3.05) is 12.3 Å². The summed E-state index contributed by atoms with van der Waals surface area (Å²) in [5, 5.41) is 0. The predicted octanol–water partition coefficient (Wildman–Crippen LogP) is 1.96. The van der Waals surface area contributed by atoms with E-state index < -0.39 is 10.0 Å². The molecule has 1 saturated carbocycles. The third-order valence-corrected chi connectivity index (χ3v) is 5.15. The first-order valence-electron chi connectivity index (χ1n) is 6.10. The van der Waals surface area contributed by atoms with E-state index in [0.29, 0.717) is 22.7 Å². The van der Waals surface area contributed by atoms with Gasteiger partial charge in [0.15, 0.2) is 0 Å². The van der Waals surface area contributed by atoms with Crippen LogP contribution in [0.3, 0.4) is 0 Å². The van der Waals surface area contributed by atoms with Gasteiger partial charge >= 0.3 is 0 Å². The van der Waals surface area contributed by atoms with Gasteiger partial charge in [0.1, 0.15) is 0 Å². The number of hydrogen-bond acceptors (Lipinski definition) is 3. The second-order valence-electron chi connectivity index (χ2n) is 5.61. The molecule has 1 aromatic carbocycles. The van der Waals surface area contributed by atoms with Crippen LogP contribution in [-0.4, -0.2) is 15.0 Å². The smallest absolute Gasteiger partial charge is 0.240 e. The Bertz CT molecular complexity index is 575. The van der Waals surface area contributed by atoms with Crippen LogP contribution in [0.25, 0.3) is 0 Å². The number of nitrogens with one attached hydrogen (secondary N) is 1. The monoisotopic (exact) mass is 268 g/mol. The maximum absolute atomic E-state index is 12.3. The summed E-state index contributed by atoms with van der Waals surface area (Å²) in [6.07, 6.45) is 2.18. The van der Waals surface area contributed by atoms with E-state index in [9.17, 15) is 8.42 Å². The van der Waals surface area contributed by atoms with Gasteiger partial charge in [-0.1, -0.05) is 6.92 Å².